The van der Waals surface area contributed by atoms with Gasteiger partial charge >= 0.3 is 0 Å². The number of aromatic nitrogens is 2. The van der Waals surface area contributed by atoms with E-state index in [4.69, 9.17) is 29.7 Å². The highest BCUT2D eigenvalue weighted by Crippen LogP contribution is 2.56. The zero-order chi connectivity index (χ0) is 47.6. The van der Waals surface area contributed by atoms with Gasteiger partial charge in [0.1, 0.15) is 28.9 Å². The van der Waals surface area contributed by atoms with E-state index in [-0.39, 0.29) is 81.8 Å². The van der Waals surface area contributed by atoms with Crippen molar-refractivity contribution in [3.8, 4) is 11.6 Å². The number of nitro groups is 1. The molecular weight excluding hydrogens is 915 g/mol. The minimum atomic E-state index is -4.76. The van der Waals surface area contributed by atoms with E-state index in [1.54, 1.807) is 23.2 Å². The monoisotopic (exact) mass is 971 g/mol. The molecule has 70 heavy (non-hydrogen) atoms. The highest BCUT2D eigenvalue weighted by molar-refractivity contribution is 7.91. The molecule has 4 N–H and O–H groups in total. The molecule has 1 amide bonds. The van der Waals surface area contributed by atoms with E-state index in [1.807, 2.05) is 12.1 Å². The number of ether oxygens (including phenoxy) is 4. The molecule has 5 saturated heterocycles. The van der Waals surface area contributed by atoms with E-state index in [0.29, 0.717) is 55.3 Å². The highest BCUT2D eigenvalue weighted by atomic mass is 32.2. The van der Waals surface area contributed by atoms with Gasteiger partial charge in [0.15, 0.2) is 11.4 Å². The number of nitro benzene ring substituents is 1. The van der Waals surface area contributed by atoms with Gasteiger partial charge in [-0.2, -0.15) is 4.98 Å². The first-order valence-electron chi connectivity index (χ1n) is 24.8. The fraction of sp³-hybridized carbons (Fsp3) is 0.490. The van der Waals surface area contributed by atoms with Gasteiger partial charge in [-0.25, -0.2) is 8.42 Å². The van der Waals surface area contributed by atoms with Crippen LogP contribution in [0.15, 0.2) is 76.7 Å². The van der Waals surface area contributed by atoms with Crippen LogP contribution in [-0.2, 0) is 19.3 Å². The number of rotatable bonds is 10. The van der Waals surface area contributed by atoms with E-state index in [2.05, 4.69) is 56.2 Å². The predicted molar refractivity (Wildman–Crippen MR) is 260 cm³/mol. The van der Waals surface area contributed by atoms with Gasteiger partial charge in [-0.05, 0) is 99.2 Å². The Morgan fingerprint density at radius 2 is 1.84 bits per heavy atom. The molecule has 3 aromatic carbocycles. The molecule has 366 valence electrons. The molecule has 2 aromatic heterocycles. The van der Waals surface area contributed by atoms with Crippen molar-refractivity contribution in [1.29, 1.82) is 0 Å². The van der Waals surface area contributed by atoms with Crippen LogP contribution in [0.4, 0.5) is 28.4 Å². The average Bonchev–Trinajstić information content (AvgIpc) is 4.22. The number of primary amides is 1. The maximum absolute atomic E-state index is 16.1. The molecule has 1 aliphatic carbocycles. The molecule has 1 saturated carbocycles. The summed E-state index contributed by atoms with van der Waals surface area (Å²) in [5.41, 5.74) is 10.2. The number of hydrogen-bond acceptors (Lipinski definition) is 15. The number of nitrogens with one attached hydrogen (secondary N) is 2. The number of likely N-dealkylation sites (tertiary alicyclic amines) is 2. The van der Waals surface area contributed by atoms with Crippen LogP contribution in [0, 0.1) is 22.5 Å². The Hall–Kier alpha value is -5.99. The Balaban J connectivity index is 0.893. The van der Waals surface area contributed by atoms with Crippen LogP contribution in [0.5, 0.6) is 11.6 Å². The number of nitrogens with two attached hydrogens (primary N) is 1. The number of H-pyrrole nitrogens is 1. The summed E-state index contributed by atoms with van der Waals surface area (Å²) in [5, 5.41) is 17.1. The fourth-order valence-electron chi connectivity index (χ4n) is 13.3. The number of amides is 1. The molecule has 19 heteroatoms. The van der Waals surface area contributed by atoms with Crippen molar-refractivity contribution in [1.82, 2.24) is 19.8 Å². The van der Waals surface area contributed by atoms with E-state index in [9.17, 15) is 14.9 Å². The maximum Gasteiger partial charge on any atom is 0.297 e. The summed E-state index contributed by atoms with van der Waals surface area (Å²) in [4.78, 5) is 42.7. The Kier molecular flexibility index (Phi) is 10.4. The fourth-order valence-corrected chi connectivity index (χ4v) is 15.0. The molecule has 8 aliphatic rings. The second-order valence-electron chi connectivity index (χ2n) is 20.9. The third-order valence-electron chi connectivity index (χ3n) is 16.9. The molecule has 1 spiro atoms. The molecule has 7 aliphatic heterocycles. The number of aromatic amines is 1. The Bertz CT molecular complexity index is 3060. The first-order chi connectivity index (χ1) is 33.9. The summed E-state index contributed by atoms with van der Waals surface area (Å²) in [5.74, 6) is -0.540. The molecular formula is C51H57N9O9S. The van der Waals surface area contributed by atoms with Crippen LogP contribution in [-0.4, -0.2) is 135 Å². The van der Waals surface area contributed by atoms with Crippen molar-refractivity contribution in [2.45, 2.75) is 104 Å². The van der Waals surface area contributed by atoms with Crippen molar-refractivity contribution >= 4 is 55.2 Å². The van der Waals surface area contributed by atoms with E-state index in [0.717, 1.165) is 63.1 Å². The van der Waals surface area contributed by atoms with Gasteiger partial charge in [0, 0.05) is 68.0 Å². The van der Waals surface area contributed by atoms with Crippen molar-refractivity contribution in [2.75, 3.05) is 74.3 Å². The number of fused-ring (bicyclic) bond motifs is 6. The smallest absolute Gasteiger partial charge is 0.297 e. The quantitative estimate of drug-likeness (QED) is 0.104. The van der Waals surface area contributed by atoms with Gasteiger partial charge in [-0.3, -0.25) is 24.7 Å². The zero-order valence-corrected chi connectivity index (χ0v) is 39.9. The zero-order valence-electron chi connectivity index (χ0n) is 39.0. The third kappa shape index (κ3) is 7.12. The lowest BCUT2D eigenvalue weighted by molar-refractivity contribution is -0.384. The first kappa shape index (κ1) is 44.0. The number of benzene rings is 3. The molecule has 0 unspecified atom stereocenters. The average molecular weight is 972 g/mol. The van der Waals surface area contributed by atoms with E-state index < -0.39 is 38.5 Å². The van der Waals surface area contributed by atoms with Crippen molar-refractivity contribution in [3.05, 3.63) is 93.7 Å². The second-order valence-corrected chi connectivity index (χ2v) is 22.7. The summed E-state index contributed by atoms with van der Waals surface area (Å²) in [6.45, 7) is 6.98. The Morgan fingerprint density at radius 1 is 1.00 bits per heavy atom. The Morgan fingerprint density at radius 3 is 2.61 bits per heavy atom. The van der Waals surface area contributed by atoms with Crippen molar-refractivity contribution < 1.29 is 37.1 Å². The van der Waals surface area contributed by atoms with Crippen LogP contribution in [0.3, 0.4) is 0 Å². The summed E-state index contributed by atoms with van der Waals surface area (Å²) in [6.07, 6.45) is 8.52. The maximum atomic E-state index is 16.1. The normalized spacial score (nSPS) is 27.2. The summed E-state index contributed by atoms with van der Waals surface area (Å²) >= 11 is 0. The lowest BCUT2D eigenvalue weighted by Gasteiger charge is -2.56. The number of carbonyl (C=O) groups is 1. The van der Waals surface area contributed by atoms with Gasteiger partial charge in [0.2, 0.25) is 15.7 Å². The molecule has 13 rings (SSSR count). The molecule has 9 heterocycles. The summed E-state index contributed by atoms with van der Waals surface area (Å²) in [6, 6.07) is 18.5. The van der Waals surface area contributed by atoms with E-state index in [1.165, 1.54) is 23.6 Å². The van der Waals surface area contributed by atoms with Gasteiger partial charge in [0.25, 0.3) is 11.6 Å². The lowest BCUT2D eigenvalue weighted by atomic mass is 9.59. The number of aryl methyl sites for hydroxylation is 1. The number of hydrogen-bond donors (Lipinski definition) is 3. The molecule has 2 bridgehead atoms. The molecule has 0 radical (unpaired) electrons. The van der Waals surface area contributed by atoms with Crippen LogP contribution in [0.25, 0.3) is 11.0 Å². The van der Waals surface area contributed by atoms with Crippen LogP contribution in [0.1, 0.15) is 72.5 Å². The van der Waals surface area contributed by atoms with Gasteiger partial charge in [-0.15, -0.1) is 0 Å². The van der Waals surface area contributed by atoms with Crippen LogP contribution in [0.2, 0.25) is 0 Å². The topological polar surface area (TPSA) is 211 Å². The van der Waals surface area contributed by atoms with Crippen LogP contribution < -0.4 is 30.3 Å². The third-order valence-corrected chi connectivity index (χ3v) is 18.6. The van der Waals surface area contributed by atoms with Gasteiger partial charge in [-0.1, -0.05) is 24.3 Å². The van der Waals surface area contributed by atoms with Gasteiger partial charge < -0.3 is 44.8 Å². The predicted octanol–water partition coefficient (Wildman–Crippen LogP) is 6.24. The first-order valence-corrected chi connectivity index (χ1v) is 26.3. The number of anilines is 4. The largest absolute Gasteiger partial charge is 0.489 e. The van der Waals surface area contributed by atoms with E-state index >= 15 is 8.42 Å². The number of nitrogens with zero attached hydrogens (tertiary/aromatic N) is 6. The highest BCUT2D eigenvalue weighted by Gasteiger charge is 2.52. The number of morpholine rings is 1. The Labute approximate surface area is 405 Å². The minimum absolute atomic E-state index is 0.0339. The van der Waals surface area contributed by atoms with Crippen LogP contribution >= 0.6 is 0 Å². The molecule has 6 fully saturated rings. The standard InChI is InChI=1S/C51H57N9O9S/c1-29-5-2-3-6-36(29)38-7-4-14-58(38)33-21-51(22-33)11-15-56(16-12-51)39-9-8-37(48(52)61)46(59-41-17-30-10-13-53-49(30)55-50(41)69-44-28-66-27-42(44)59)47(39)70(64,65)35-19-40(60(62)63)45-43(20-35)68-25-31(54-45)23-57-24-34-18-32(57)26-67-34/h2-3,5-6,8-10,13,17,19-20,31-34,38,42,44,54H,4,7,11-12,14-16,18,21-28H2,1H3,(H2,52,61)(H,53,55)/t31-,32+,34+,38+,42-,44-/m1/s1. The summed E-state index contributed by atoms with van der Waals surface area (Å²) in [7, 11) is -4.76. The van der Waals surface area contributed by atoms with Gasteiger partial charge in [0.05, 0.1) is 64.8 Å². The molecule has 5 aromatic rings. The number of pyridine rings is 1. The summed E-state index contributed by atoms with van der Waals surface area (Å²) < 4.78 is 56.7. The number of piperidine rings is 1. The number of sulfone groups is 1. The minimum Gasteiger partial charge on any atom is -0.489 e. The molecule has 6 atom stereocenters. The second kappa shape index (κ2) is 16.5. The SMILES string of the molecule is Cc1ccccc1[C@@H]1CCCN1C1CC2(CCN(c3ccc(C(N)=O)c(N4c5cc6cc[nH]c6nc5O[C@@H]5COC[C@H]54)c3S(=O)(=O)c3cc4c(c([N+](=O)[O-])c3)N[C@H](CN3C[C@@H]5C[C@H]3CO5)CO4)CC2)C1. The number of carbonyl (C=O) groups excluding carboxylic acids is 1. The van der Waals surface area contributed by atoms with Crippen molar-refractivity contribution in [3.63, 3.8) is 0 Å². The lowest BCUT2D eigenvalue weighted by Crippen LogP contribution is -2.55. The molecule has 18 nitrogen and oxygen atoms in total. The van der Waals surface area contributed by atoms with Crippen molar-refractivity contribution in [2.24, 2.45) is 11.1 Å².